The molecule has 1 N–H and O–H groups in total. The summed E-state index contributed by atoms with van der Waals surface area (Å²) in [5.41, 5.74) is 4.93. The zero-order valence-corrected chi connectivity index (χ0v) is 33.1. The van der Waals surface area contributed by atoms with E-state index >= 15 is 0 Å². The first kappa shape index (κ1) is 41.8. The van der Waals surface area contributed by atoms with Gasteiger partial charge in [-0.15, -0.1) is 0 Å². The Morgan fingerprint density at radius 2 is 0.741 bits per heavy atom. The summed E-state index contributed by atoms with van der Waals surface area (Å²) in [6.45, 7) is 3.00. The third-order valence-corrected chi connectivity index (χ3v) is 10.4. The molecule has 5 aromatic carbocycles. The molecule has 0 unspecified atom stereocenters. The molecule has 10 atom stereocenters. The second kappa shape index (κ2) is 21.6. The van der Waals surface area contributed by atoms with Crippen LogP contribution in [-0.2, 0) is 75.7 Å². The minimum Gasteiger partial charge on any atom is -0.394 e. The summed E-state index contributed by atoms with van der Waals surface area (Å²) in [6.07, 6.45) is -7.62. The lowest BCUT2D eigenvalue weighted by molar-refractivity contribution is -0.372. The Morgan fingerprint density at radius 1 is 0.414 bits per heavy atom. The molecule has 58 heavy (non-hydrogen) atoms. The summed E-state index contributed by atoms with van der Waals surface area (Å²) < 4.78 is 59.7. The SMILES string of the molecule is CO[C@H]1O[C@H](CO)[C@@H](O[C@H]2O[C@@H](C)[C@H](OCc3ccccc3)[C@@H](OCc3ccccc3)[C@H]2OCc2ccccc2)[C@H](OCc2ccccc2)[C@H]1OCc1ccccc1. The van der Waals surface area contributed by atoms with Crippen molar-refractivity contribution in [2.45, 2.75) is 101 Å². The maximum absolute atomic E-state index is 10.9. The van der Waals surface area contributed by atoms with Gasteiger partial charge in [-0.1, -0.05) is 152 Å². The first-order chi connectivity index (χ1) is 28.6. The normalized spacial score (nSPS) is 27.3. The standard InChI is InChI=1S/C48H54O10/c1-34-41(51-29-35-18-8-3-9-19-35)43(52-30-36-20-10-4-11-21-36)46(55-33-39-26-16-7-17-27-39)48(56-34)58-42-40(28-49)57-47(50-2)45(54-32-38-24-14-6-15-25-38)44(42)53-31-37-22-12-5-13-23-37/h3-27,34,40-49H,28-33H2,1-2H3/t34-,40+,41-,42+,43+,44-,45+,46+,47-,48+/m0/s1. The number of methoxy groups -OCH3 is 1. The Morgan fingerprint density at radius 3 is 1.10 bits per heavy atom. The zero-order valence-electron chi connectivity index (χ0n) is 33.1. The highest BCUT2D eigenvalue weighted by molar-refractivity contribution is 5.17. The van der Waals surface area contributed by atoms with Crippen LogP contribution in [-0.4, -0.2) is 80.2 Å². The van der Waals surface area contributed by atoms with Gasteiger partial charge in [0.2, 0.25) is 0 Å². The fourth-order valence-corrected chi connectivity index (χ4v) is 7.41. The number of aliphatic hydroxyl groups is 1. The molecule has 10 nitrogen and oxygen atoms in total. The molecule has 5 aromatic rings. The molecule has 0 spiro atoms. The van der Waals surface area contributed by atoms with Crippen LogP contribution in [0.5, 0.6) is 0 Å². The fraction of sp³-hybridized carbons (Fsp3) is 0.375. The van der Waals surface area contributed by atoms with Gasteiger partial charge in [-0.3, -0.25) is 0 Å². The molecule has 2 aliphatic rings. The average molecular weight is 791 g/mol. The lowest BCUT2D eigenvalue weighted by Crippen LogP contribution is -2.65. The number of hydrogen-bond acceptors (Lipinski definition) is 10. The van der Waals surface area contributed by atoms with Gasteiger partial charge in [0.1, 0.15) is 42.7 Å². The van der Waals surface area contributed by atoms with Crippen molar-refractivity contribution < 1.29 is 47.7 Å². The molecule has 0 aromatic heterocycles. The second-order valence-corrected chi connectivity index (χ2v) is 14.6. The first-order valence-electron chi connectivity index (χ1n) is 20.0. The second-order valence-electron chi connectivity index (χ2n) is 14.6. The minimum atomic E-state index is -1.00. The molecule has 2 aliphatic heterocycles. The summed E-state index contributed by atoms with van der Waals surface area (Å²) in [5, 5.41) is 10.9. The van der Waals surface area contributed by atoms with Crippen LogP contribution in [0.25, 0.3) is 0 Å². The van der Waals surface area contributed by atoms with Crippen molar-refractivity contribution in [3.63, 3.8) is 0 Å². The average Bonchev–Trinajstić information content (AvgIpc) is 3.28. The molecule has 0 bridgehead atoms. The van der Waals surface area contributed by atoms with E-state index in [0.29, 0.717) is 13.2 Å². The van der Waals surface area contributed by atoms with Gasteiger partial charge in [0.25, 0.3) is 0 Å². The lowest BCUT2D eigenvalue weighted by Gasteiger charge is -2.49. The molecule has 10 heteroatoms. The third kappa shape index (κ3) is 11.2. The van der Waals surface area contributed by atoms with E-state index in [-0.39, 0.29) is 26.4 Å². The fourth-order valence-electron chi connectivity index (χ4n) is 7.41. The number of benzene rings is 5. The molecule has 306 valence electrons. The van der Waals surface area contributed by atoms with Gasteiger partial charge < -0.3 is 47.7 Å². The summed E-state index contributed by atoms with van der Waals surface area (Å²) in [6, 6.07) is 49.7. The number of hydrogen-bond donors (Lipinski definition) is 1. The number of aliphatic hydroxyl groups excluding tert-OH is 1. The van der Waals surface area contributed by atoms with Gasteiger partial charge in [0.05, 0.1) is 45.7 Å². The Kier molecular flexibility index (Phi) is 15.6. The third-order valence-electron chi connectivity index (χ3n) is 10.4. The molecule has 0 aliphatic carbocycles. The maximum Gasteiger partial charge on any atom is 0.187 e. The van der Waals surface area contributed by atoms with E-state index in [1.54, 1.807) is 7.11 Å². The van der Waals surface area contributed by atoms with Crippen molar-refractivity contribution in [2.75, 3.05) is 13.7 Å². The van der Waals surface area contributed by atoms with Crippen LogP contribution in [0.15, 0.2) is 152 Å². The zero-order chi connectivity index (χ0) is 39.9. The predicted molar refractivity (Wildman–Crippen MR) is 217 cm³/mol. The molecule has 2 saturated heterocycles. The highest BCUT2D eigenvalue weighted by Gasteiger charge is 2.53. The van der Waals surface area contributed by atoms with Gasteiger partial charge in [0, 0.05) is 7.11 Å². The highest BCUT2D eigenvalue weighted by Crippen LogP contribution is 2.36. The molecular weight excluding hydrogens is 737 g/mol. The van der Waals surface area contributed by atoms with E-state index in [0.717, 1.165) is 27.8 Å². The monoisotopic (exact) mass is 790 g/mol. The van der Waals surface area contributed by atoms with Crippen molar-refractivity contribution in [3.05, 3.63) is 179 Å². The van der Waals surface area contributed by atoms with Gasteiger partial charge in [-0.2, -0.15) is 0 Å². The van der Waals surface area contributed by atoms with E-state index in [4.69, 9.17) is 42.6 Å². The largest absolute Gasteiger partial charge is 0.394 e. The van der Waals surface area contributed by atoms with E-state index in [9.17, 15) is 5.11 Å². The molecule has 0 radical (unpaired) electrons. The van der Waals surface area contributed by atoms with E-state index in [1.165, 1.54) is 0 Å². The van der Waals surface area contributed by atoms with E-state index in [2.05, 4.69) is 0 Å². The quantitative estimate of drug-likeness (QED) is 0.0911. The van der Waals surface area contributed by atoms with Crippen LogP contribution in [0, 0.1) is 0 Å². The molecule has 0 saturated carbocycles. The van der Waals surface area contributed by atoms with Gasteiger partial charge in [-0.05, 0) is 34.7 Å². The van der Waals surface area contributed by atoms with Gasteiger partial charge >= 0.3 is 0 Å². The topological polar surface area (TPSA) is 103 Å². The Bertz CT molecular complexity index is 1870. The summed E-state index contributed by atoms with van der Waals surface area (Å²) in [4.78, 5) is 0. The molecule has 2 fully saturated rings. The maximum atomic E-state index is 10.9. The summed E-state index contributed by atoms with van der Waals surface area (Å²) in [7, 11) is 1.55. The first-order valence-corrected chi connectivity index (χ1v) is 20.0. The molecule has 7 rings (SSSR count). The summed E-state index contributed by atoms with van der Waals surface area (Å²) in [5.74, 6) is 0. The van der Waals surface area contributed by atoms with Crippen LogP contribution >= 0.6 is 0 Å². The van der Waals surface area contributed by atoms with E-state index in [1.807, 2.05) is 159 Å². The smallest absolute Gasteiger partial charge is 0.187 e. The van der Waals surface area contributed by atoms with Gasteiger partial charge in [0.15, 0.2) is 12.6 Å². The van der Waals surface area contributed by atoms with Crippen LogP contribution in [0.4, 0.5) is 0 Å². The Balaban J connectivity index is 1.22. The molecule has 0 amide bonds. The van der Waals surface area contributed by atoms with Crippen molar-refractivity contribution >= 4 is 0 Å². The van der Waals surface area contributed by atoms with Crippen molar-refractivity contribution in [1.82, 2.24) is 0 Å². The Labute approximate surface area is 341 Å². The van der Waals surface area contributed by atoms with Crippen LogP contribution in [0.2, 0.25) is 0 Å². The number of ether oxygens (including phenoxy) is 9. The molecular formula is C48H54O10. The number of rotatable bonds is 19. The Hall–Kier alpha value is -4.30. The van der Waals surface area contributed by atoms with Crippen molar-refractivity contribution in [3.8, 4) is 0 Å². The van der Waals surface area contributed by atoms with Crippen LogP contribution < -0.4 is 0 Å². The molecule has 2 heterocycles. The van der Waals surface area contributed by atoms with Crippen LogP contribution in [0.1, 0.15) is 34.7 Å². The summed E-state index contributed by atoms with van der Waals surface area (Å²) >= 11 is 0. The predicted octanol–water partition coefficient (Wildman–Crippen LogP) is 7.41. The van der Waals surface area contributed by atoms with Crippen molar-refractivity contribution in [1.29, 1.82) is 0 Å². The van der Waals surface area contributed by atoms with Crippen molar-refractivity contribution in [2.24, 2.45) is 0 Å². The van der Waals surface area contributed by atoms with E-state index < -0.39 is 61.4 Å². The van der Waals surface area contributed by atoms with Crippen LogP contribution in [0.3, 0.4) is 0 Å². The van der Waals surface area contributed by atoms with Gasteiger partial charge in [-0.25, -0.2) is 0 Å². The highest BCUT2D eigenvalue weighted by atomic mass is 16.8. The lowest BCUT2D eigenvalue weighted by atomic mass is 9.96. The minimum absolute atomic E-state index is 0.249.